The van der Waals surface area contributed by atoms with Crippen LogP contribution < -0.4 is 10.1 Å². The fourth-order valence-electron chi connectivity index (χ4n) is 1.47. The minimum Gasteiger partial charge on any atom is -0.481 e. The van der Waals surface area contributed by atoms with Crippen molar-refractivity contribution in [2.75, 3.05) is 33.8 Å². The number of terminal acetylenes is 1. The first-order valence-corrected chi connectivity index (χ1v) is 6.21. The Morgan fingerprint density at radius 3 is 2.65 bits per heavy atom. The smallest absolute Gasteiger partial charge is 0.148 e. The Balaban J connectivity index is 0. The summed E-state index contributed by atoms with van der Waals surface area (Å²) >= 11 is 5.98. The zero-order chi connectivity index (χ0) is 13.4. The van der Waals surface area contributed by atoms with E-state index in [9.17, 15) is 0 Å². The molecule has 1 aromatic carbocycles. The number of nitrogens with one attached hydrogen (secondary N) is 1. The van der Waals surface area contributed by atoms with Gasteiger partial charge in [0.05, 0.1) is 0 Å². The number of rotatable bonds is 7. The molecular weight excluding hydrogens is 319 g/mol. The SMILES string of the molecule is C#CCOc1ccc(Cl)cc1CNCCN(C)C.Cl.Cl. The van der Waals surface area contributed by atoms with Gasteiger partial charge in [0.25, 0.3) is 0 Å². The standard InChI is InChI=1S/C14H19ClN2O.2ClH/c1-4-9-18-14-6-5-13(15)10-12(14)11-16-7-8-17(2)3;;/h1,5-6,10,16H,7-9,11H2,2-3H3;2*1H. The van der Waals surface area contributed by atoms with Crippen LogP contribution in [0.2, 0.25) is 5.02 Å². The first-order chi connectivity index (χ1) is 8.63. The van der Waals surface area contributed by atoms with E-state index >= 15 is 0 Å². The summed E-state index contributed by atoms with van der Waals surface area (Å²) in [6, 6.07) is 5.55. The number of hydrogen-bond donors (Lipinski definition) is 1. The third kappa shape index (κ3) is 8.52. The normalized spacial score (nSPS) is 9.35. The molecule has 114 valence electrons. The van der Waals surface area contributed by atoms with Crippen LogP contribution >= 0.6 is 36.4 Å². The maximum atomic E-state index is 5.98. The highest BCUT2D eigenvalue weighted by molar-refractivity contribution is 6.30. The number of halogens is 3. The molecule has 0 radical (unpaired) electrons. The van der Waals surface area contributed by atoms with Crippen LogP contribution in [0.3, 0.4) is 0 Å². The summed E-state index contributed by atoms with van der Waals surface area (Å²) in [5, 5.41) is 4.05. The summed E-state index contributed by atoms with van der Waals surface area (Å²) in [6.07, 6.45) is 5.19. The van der Waals surface area contributed by atoms with Gasteiger partial charge >= 0.3 is 0 Å². The molecule has 1 rings (SSSR count). The molecular formula is C14H21Cl3N2O. The topological polar surface area (TPSA) is 24.5 Å². The van der Waals surface area contributed by atoms with E-state index in [2.05, 4.69) is 16.1 Å². The molecule has 0 spiro atoms. The van der Waals surface area contributed by atoms with Gasteiger partial charge < -0.3 is 15.0 Å². The van der Waals surface area contributed by atoms with Gasteiger partial charge in [0.1, 0.15) is 12.4 Å². The van der Waals surface area contributed by atoms with Gasteiger partial charge in [-0.05, 0) is 32.3 Å². The Morgan fingerprint density at radius 1 is 1.35 bits per heavy atom. The van der Waals surface area contributed by atoms with Crippen molar-refractivity contribution in [1.82, 2.24) is 10.2 Å². The van der Waals surface area contributed by atoms with Gasteiger partial charge in [0.15, 0.2) is 0 Å². The monoisotopic (exact) mass is 338 g/mol. The van der Waals surface area contributed by atoms with Crippen molar-refractivity contribution in [3.8, 4) is 18.1 Å². The maximum absolute atomic E-state index is 5.98. The Kier molecular flexibility index (Phi) is 13.1. The lowest BCUT2D eigenvalue weighted by atomic mass is 10.2. The molecule has 0 fully saturated rings. The molecule has 0 saturated carbocycles. The van der Waals surface area contributed by atoms with Gasteiger partial charge in [-0.25, -0.2) is 0 Å². The molecule has 3 nitrogen and oxygen atoms in total. The zero-order valence-corrected chi connectivity index (χ0v) is 14.1. The first kappa shape index (κ1) is 21.7. The summed E-state index contributed by atoms with van der Waals surface area (Å²) in [4.78, 5) is 2.13. The van der Waals surface area contributed by atoms with Gasteiger partial charge in [-0.3, -0.25) is 0 Å². The summed E-state index contributed by atoms with van der Waals surface area (Å²) in [7, 11) is 4.09. The van der Waals surface area contributed by atoms with E-state index < -0.39 is 0 Å². The van der Waals surface area contributed by atoms with Crippen LogP contribution in [0.1, 0.15) is 5.56 Å². The first-order valence-electron chi connectivity index (χ1n) is 5.83. The van der Waals surface area contributed by atoms with E-state index in [1.807, 2.05) is 26.2 Å². The van der Waals surface area contributed by atoms with Gasteiger partial charge in [-0.2, -0.15) is 0 Å². The summed E-state index contributed by atoms with van der Waals surface area (Å²) in [6.45, 7) is 2.88. The number of benzene rings is 1. The molecule has 0 aliphatic rings. The van der Waals surface area contributed by atoms with Crippen LogP contribution in [0, 0.1) is 12.3 Å². The highest BCUT2D eigenvalue weighted by atomic mass is 35.5. The molecule has 0 saturated heterocycles. The van der Waals surface area contributed by atoms with Crippen LogP contribution in [0.5, 0.6) is 5.75 Å². The van der Waals surface area contributed by atoms with E-state index in [-0.39, 0.29) is 31.4 Å². The van der Waals surface area contributed by atoms with Gasteiger partial charge in [0.2, 0.25) is 0 Å². The summed E-state index contributed by atoms with van der Waals surface area (Å²) in [5.74, 6) is 3.24. The van der Waals surface area contributed by atoms with Crippen LogP contribution in [0.25, 0.3) is 0 Å². The lowest BCUT2D eigenvalue weighted by molar-refractivity contribution is 0.363. The molecule has 0 atom stereocenters. The zero-order valence-electron chi connectivity index (χ0n) is 11.7. The average Bonchev–Trinajstić information content (AvgIpc) is 2.33. The molecule has 6 heteroatoms. The Morgan fingerprint density at radius 2 is 2.05 bits per heavy atom. The second-order valence-corrected chi connectivity index (χ2v) is 4.66. The lowest BCUT2D eigenvalue weighted by Crippen LogP contribution is -2.26. The van der Waals surface area contributed by atoms with Crippen LogP contribution in [-0.2, 0) is 6.54 Å². The molecule has 0 heterocycles. The molecule has 0 amide bonds. The van der Waals surface area contributed by atoms with E-state index in [1.54, 1.807) is 6.07 Å². The molecule has 20 heavy (non-hydrogen) atoms. The fraction of sp³-hybridized carbons (Fsp3) is 0.429. The number of ether oxygens (including phenoxy) is 1. The van der Waals surface area contributed by atoms with Crippen molar-refractivity contribution >= 4 is 36.4 Å². The minimum absolute atomic E-state index is 0. The molecule has 0 aliphatic heterocycles. The second kappa shape index (κ2) is 12.1. The van der Waals surface area contributed by atoms with Crippen molar-refractivity contribution in [2.24, 2.45) is 0 Å². The van der Waals surface area contributed by atoms with E-state index in [1.165, 1.54) is 0 Å². The molecule has 0 aliphatic carbocycles. The van der Waals surface area contributed by atoms with Crippen molar-refractivity contribution in [3.63, 3.8) is 0 Å². The Hall–Kier alpha value is -0.630. The van der Waals surface area contributed by atoms with Crippen molar-refractivity contribution < 1.29 is 4.74 Å². The molecule has 0 unspecified atom stereocenters. The van der Waals surface area contributed by atoms with E-state index in [4.69, 9.17) is 22.8 Å². The van der Waals surface area contributed by atoms with Crippen LogP contribution in [0.4, 0.5) is 0 Å². The number of nitrogens with zero attached hydrogens (tertiary/aromatic N) is 1. The Labute approximate surface area is 138 Å². The third-order valence-electron chi connectivity index (χ3n) is 2.38. The highest BCUT2D eigenvalue weighted by Crippen LogP contribution is 2.22. The minimum atomic E-state index is 0. The largest absolute Gasteiger partial charge is 0.481 e. The fourth-order valence-corrected chi connectivity index (χ4v) is 1.67. The summed E-state index contributed by atoms with van der Waals surface area (Å²) in [5.41, 5.74) is 1.02. The highest BCUT2D eigenvalue weighted by Gasteiger charge is 2.04. The molecule has 0 aromatic heterocycles. The predicted molar refractivity (Wildman–Crippen MR) is 90.5 cm³/mol. The van der Waals surface area contributed by atoms with Crippen LogP contribution in [-0.4, -0.2) is 38.7 Å². The van der Waals surface area contributed by atoms with E-state index in [0.717, 1.165) is 24.4 Å². The van der Waals surface area contributed by atoms with Crippen LogP contribution in [0.15, 0.2) is 18.2 Å². The Bertz CT molecular complexity index is 419. The third-order valence-corrected chi connectivity index (χ3v) is 2.62. The van der Waals surface area contributed by atoms with Gasteiger partial charge in [-0.15, -0.1) is 31.2 Å². The van der Waals surface area contributed by atoms with E-state index in [0.29, 0.717) is 11.6 Å². The number of hydrogen-bond acceptors (Lipinski definition) is 3. The van der Waals surface area contributed by atoms with Gasteiger partial charge in [0, 0.05) is 30.2 Å². The van der Waals surface area contributed by atoms with Crippen molar-refractivity contribution in [2.45, 2.75) is 6.54 Å². The second-order valence-electron chi connectivity index (χ2n) is 4.22. The van der Waals surface area contributed by atoms with Crippen molar-refractivity contribution in [1.29, 1.82) is 0 Å². The predicted octanol–water partition coefficient (Wildman–Crippen LogP) is 2.85. The lowest BCUT2D eigenvalue weighted by Gasteiger charge is -2.13. The van der Waals surface area contributed by atoms with Gasteiger partial charge in [-0.1, -0.05) is 17.5 Å². The molecule has 1 N–H and O–H groups in total. The summed E-state index contributed by atoms with van der Waals surface area (Å²) < 4.78 is 5.47. The maximum Gasteiger partial charge on any atom is 0.148 e. The average molecular weight is 340 g/mol. The number of likely N-dealkylation sites (N-methyl/N-ethyl adjacent to an activating group) is 1. The molecule has 1 aromatic rings. The van der Waals surface area contributed by atoms with Crippen molar-refractivity contribution in [3.05, 3.63) is 28.8 Å². The molecule has 0 bridgehead atoms. The quantitative estimate of drug-likeness (QED) is 0.611.